The van der Waals surface area contributed by atoms with E-state index >= 15 is 0 Å². The number of benzene rings is 1. The van der Waals surface area contributed by atoms with E-state index < -0.39 is 0 Å². The van der Waals surface area contributed by atoms with E-state index in [0.29, 0.717) is 18.8 Å². The molecule has 1 fully saturated rings. The Morgan fingerprint density at radius 3 is 2.52 bits per heavy atom. The van der Waals surface area contributed by atoms with Gasteiger partial charge in [0.05, 0.1) is 25.4 Å². The van der Waals surface area contributed by atoms with Gasteiger partial charge >= 0.3 is 5.97 Å². The Kier molecular flexibility index (Phi) is 7.76. The highest BCUT2D eigenvalue weighted by molar-refractivity contribution is 6.16. The molecule has 0 aliphatic carbocycles. The molecule has 0 atom stereocenters. The van der Waals surface area contributed by atoms with Crippen LogP contribution in [0.15, 0.2) is 30.5 Å². The Labute approximate surface area is 150 Å². The number of hydrogen-bond donors (Lipinski definition) is 0. The smallest absolute Gasteiger partial charge is 0.340 e. The Bertz CT molecular complexity index is 563. The average molecular weight is 348 g/mol. The van der Waals surface area contributed by atoms with Gasteiger partial charge in [-0.1, -0.05) is 12.1 Å². The van der Waals surface area contributed by atoms with E-state index in [4.69, 9.17) is 14.2 Å². The molecule has 1 aliphatic rings. The molecule has 0 saturated carbocycles. The fourth-order valence-corrected chi connectivity index (χ4v) is 2.56. The third kappa shape index (κ3) is 6.40. The van der Waals surface area contributed by atoms with E-state index in [1.54, 1.807) is 13.1 Å². The highest BCUT2D eigenvalue weighted by Gasteiger charge is 2.14. The Morgan fingerprint density at radius 2 is 1.92 bits per heavy atom. The van der Waals surface area contributed by atoms with Crippen LogP contribution in [-0.4, -0.2) is 75.9 Å². The van der Waals surface area contributed by atoms with Gasteiger partial charge in [0.2, 0.25) is 0 Å². The highest BCUT2D eigenvalue weighted by atomic mass is 16.5. The minimum atomic E-state index is -0.322. The normalized spacial score (nSPS) is 15.7. The summed E-state index contributed by atoms with van der Waals surface area (Å²) in [6.45, 7) is 7.19. The zero-order valence-electron chi connectivity index (χ0n) is 15.4. The second-order valence-corrected chi connectivity index (χ2v) is 6.05. The molecular weight excluding hydrogens is 320 g/mol. The second kappa shape index (κ2) is 10.1. The van der Waals surface area contributed by atoms with Crippen molar-refractivity contribution in [3.63, 3.8) is 0 Å². The van der Waals surface area contributed by atoms with Gasteiger partial charge in [-0.15, -0.1) is 0 Å². The van der Waals surface area contributed by atoms with Crippen molar-refractivity contribution in [1.29, 1.82) is 0 Å². The molecular formula is C19H28N2O4. The minimum Gasteiger partial charge on any atom is -0.492 e. The number of ether oxygens (including phenoxy) is 3. The number of nitrogens with zero attached hydrogens (tertiary/aromatic N) is 2. The summed E-state index contributed by atoms with van der Waals surface area (Å²) in [5, 5.41) is 0. The number of hydrogen-bond acceptors (Lipinski definition) is 6. The lowest BCUT2D eigenvalue weighted by Crippen LogP contribution is -2.38. The molecule has 1 saturated heterocycles. The van der Waals surface area contributed by atoms with Crippen molar-refractivity contribution in [2.24, 2.45) is 0 Å². The monoisotopic (exact) mass is 348 g/mol. The molecule has 0 unspecified atom stereocenters. The van der Waals surface area contributed by atoms with E-state index in [-0.39, 0.29) is 5.97 Å². The first-order valence-corrected chi connectivity index (χ1v) is 8.69. The molecule has 0 amide bonds. The molecule has 25 heavy (non-hydrogen) atoms. The van der Waals surface area contributed by atoms with Crippen LogP contribution in [0.2, 0.25) is 0 Å². The molecule has 138 valence electrons. The molecule has 1 heterocycles. The number of carbonyl (C=O) groups is 1. The first-order chi connectivity index (χ1) is 12.1. The second-order valence-electron chi connectivity index (χ2n) is 6.05. The van der Waals surface area contributed by atoms with Gasteiger partial charge in [-0.2, -0.15) is 0 Å². The summed E-state index contributed by atoms with van der Waals surface area (Å²) in [6, 6.07) is 7.54. The maximum absolute atomic E-state index is 12.1. The Balaban J connectivity index is 1.93. The van der Waals surface area contributed by atoms with Gasteiger partial charge in [0.15, 0.2) is 0 Å². The summed E-state index contributed by atoms with van der Waals surface area (Å²) in [7, 11) is 3.75. The van der Waals surface area contributed by atoms with Crippen molar-refractivity contribution < 1.29 is 19.0 Å². The molecule has 2 rings (SSSR count). The lowest BCUT2D eigenvalue weighted by molar-refractivity contribution is -0.136. The van der Waals surface area contributed by atoms with Gasteiger partial charge in [-0.05, 0) is 24.6 Å². The molecule has 0 N–H and O–H groups in total. The van der Waals surface area contributed by atoms with Gasteiger partial charge in [0, 0.05) is 39.9 Å². The van der Waals surface area contributed by atoms with Crippen LogP contribution >= 0.6 is 0 Å². The van der Waals surface area contributed by atoms with Crippen molar-refractivity contribution in [2.45, 2.75) is 6.92 Å². The van der Waals surface area contributed by atoms with Crippen LogP contribution in [0.4, 0.5) is 0 Å². The largest absolute Gasteiger partial charge is 0.492 e. The van der Waals surface area contributed by atoms with Crippen molar-refractivity contribution in [3.05, 3.63) is 36.0 Å². The van der Waals surface area contributed by atoms with Crippen LogP contribution in [0.5, 0.6) is 5.75 Å². The third-order valence-electron chi connectivity index (χ3n) is 3.83. The molecule has 6 nitrogen and oxygen atoms in total. The standard InChI is InChI=1S/C19H28N2O4/c1-4-24-19(22)18(15-20(2)3)16-5-7-17(8-6-16)25-14-11-21-9-12-23-13-10-21/h5-8,15H,4,9-14H2,1-3H3/b18-15+. The summed E-state index contributed by atoms with van der Waals surface area (Å²) in [4.78, 5) is 16.3. The summed E-state index contributed by atoms with van der Waals surface area (Å²) in [5.74, 6) is 0.474. The van der Waals surface area contributed by atoms with E-state index in [2.05, 4.69) is 4.90 Å². The zero-order chi connectivity index (χ0) is 18.1. The van der Waals surface area contributed by atoms with Crippen LogP contribution < -0.4 is 4.74 Å². The average Bonchev–Trinajstić information content (AvgIpc) is 2.61. The molecule has 6 heteroatoms. The summed E-state index contributed by atoms with van der Waals surface area (Å²) >= 11 is 0. The molecule has 0 aromatic heterocycles. The summed E-state index contributed by atoms with van der Waals surface area (Å²) in [5.41, 5.74) is 1.35. The van der Waals surface area contributed by atoms with Crippen LogP contribution in [0, 0.1) is 0 Å². The summed E-state index contributed by atoms with van der Waals surface area (Å²) < 4.78 is 16.3. The van der Waals surface area contributed by atoms with Gasteiger partial charge in [0.1, 0.15) is 12.4 Å². The van der Waals surface area contributed by atoms with Crippen LogP contribution in [0.1, 0.15) is 12.5 Å². The lowest BCUT2D eigenvalue weighted by atomic mass is 10.1. The lowest BCUT2D eigenvalue weighted by Gasteiger charge is -2.26. The first kappa shape index (κ1) is 19.3. The molecule has 0 spiro atoms. The fraction of sp³-hybridized carbons (Fsp3) is 0.526. The minimum absolute atomic E-state index is 0.322. The molecule has 1 aliphatic heterocycles. The van der Waals surface area contributed by atoms with Gasteiger partial charge in [0.25, 0.3) is 0 Å². The number of morpholine rings is 1. The molecule has 1 aromatic rings. The van der Waals surface area contributed by atoms with Gasteiger partial charge < -0.3 is 19.1 Å². The number of esters is 1. The number of carbonyl (C=O) groups excluding carboxylic acids is 1. The first-order valence-electron chi connectivity index (χ1n) is 8.69. The van der Waals surface area contributed by atoms with Crippen molar-refractivity contribution in [2.75, 3.05) is 60.2 Å². The van der Waals surface area contributed by atoms with Crippen LogP contribution in [0.3, 0.4) is 0 Å². The van der Waals surface area contributed by atoms with E-state index in [9.17, 15) is 4.79 Å². The predicted octanol–water partition coefficient (Wildman–Crippen LogP) is 1.86. The Hall–Kier alpha value is -2.05. The maximum Gasteiger partial charge on any atom is 0.340 e. The SMILES string of the molecule is CCOC(=O)/C(=C/N(C)C)c1ccc(OCCN2CCOCC2)cc1. The summed E-state index contributed by atoms with van der Waals surface area (Å²) in [6.07, 6.45) is 1.77. The zero-order valence-corrected chi connectivity index (χ0v) is 15.4. The molecule has 1 aromatic carbocycles. The Morgan fingerprint density at radius 1 is 1.24 bits per heavy atom. The molecule has 0 bridgehead atoms. The van der Waals surface area contributed by atoms with Crippen molar-refractivity contribution >= 4 is 11.5 Å². The van der Waals surface area contributed by atoms with Crippen molar-refractivity contribution in [1.82, 2.24) is 9.80 Å². The van der Waals surface area contributed by atoms with E-state index in [1.165, 1.54) is 0 Å². The van der Waals surface area contributed by atoms with E-state index in [1.807, 2.05) is 43.3 Å². The van der Waals surface area contributed by atoms with Crippen molar-refractivity contribution in [3.8, 4) is 5.75 Å². The predicted molar refractivity (Wildman–Crippen MR) is 97.5 cm³/mol. The topological polar surface area (TPSA) is 51.2 Å². The third-order valence-corrected chi connectivity index (χ3v) is 3.83. The van der Waals surface area contributed by atoms with Gasteiger partial charge in [-0.25, -0.2) is 4.79 Å². The fourth-order valence-electron chi connectivity index (χ4n) is 2.56. The van der Waals surface area contributed by atoms with E-state index in [0.717, 1.165) is 44.2 Å². The molecule has 0 radical (unpaired) electrons. The van der Waals surface area contributed by atoms with Crippen LogP contribution in [0.25, 0.3) is 5.57 Å². The highest BCUT2D eigenvalue weighted by Crippen LogP contribution is 2.20. The quantitative estimate of drug-likeness (QED) is 0.528. The number of rotatable bonds is 8. The maximum atomic E-state index is 12.1. The van der Waals surface area contributed by atoms with Gasteiger partial charge in [-0.3, -0.25) is 4.90 Å². The van der Waals surface area contributed by atoms with Crippen LogP contribution in [-0.2, 0) is 14.3 Å².